The van der Waals surface area contributed by atoms with Gasteiger partial charge in [-0.1, -0.05) is 11.6 Å². The van der Waals surface area contributed by atoms with E-state index in [1.54, 1.807) is 11.3 Å². The molecule has 14 heavy (non-hydrogen) atoms. The Morgan fingerprint density at radius 1 is 1.43 bits per heavy atom. The summed E-state index contributed by atoms with van der Waals surface area (Å²) >= 11 is 7.51. The zero-order valence-electron chi connectivity index (χ0n) is 8.72. The second kappa shape index (κ2) is 6.27. The number of rotatable bonds is 6. The Labute approximate surface area is 94.9 Å². The van der Waals surface area contributed by atoms with Crippen molar-refractivity contribution in [2.24, 2.45) is 0 Å². The van der Waals surface area contributed by atoms with Gasteiger partial charge in [-0.25, -0.2) is 0 Å². The van der Waals surface area contributed by atoms with Gasteiger partial charge in [0, 0.05) is 13.6 Å². The first kappa shape index (κ1) is 11.8. The molecule has 1 aromatic heterocycles. The summed E-state index contributed by atoms with van der Waals surface area (Å²) < 4.78 is 0.863. The molecule has 0 aliphatic rings. The minimum Gasteiger partial charge on any atom is -0.366 e. The number of thiophene rings is 1. The smallest absolute Gasteiger partial charge is 0.0950 e. The normalized spacial score (nSPS) is 10.5. The first-order valence-corrected chi connectivity index (χ1v) is 6.04. The predicted molar refractivity (Wildman–Crippen MR) is 65.8 cm³/mol. The molecule has 0 amide bonds. The molecule has 1 N–H and O–H groups in total. The molecule has 0 unspecified atom stereocenters. The van der Waals surface area contributed by atoms with Gasteiger partial charge in [-0.2, -0.15) is 0 Å². The van der Waals surface area contributed by atoms with Gasteiger partial charge in [-0.3, -0.25) is 0 Å². The van der Waals surface area contributed by atoms with Crippen molar-refractivity contribution in [2.75, 3.05) is 32.1 Å². The fraction of sp³-hybridized carbons (Fsp3) is 0.600. The molecule has 0 aliphatic heterocycles. The Morgan fingerprint density at radius 2 is 2.21 bits per heavy atom. The van der Waals surface area contributed by atoms with E-state index in [4.69, 9.17) is 11.6 Å². The fourth-order valence-corrected chi connectivity index (χ4v) is 2.29. The van der Waals surface area contributed by atoms with Gasteiger partial charge >= 0.3 is 0 Å². The zero-order chi connectivity index (χ0) is 10.4. The van der Waals surface area contributed by atoms with Crippen LogP contribution in [-0.4, -0.2) is 27.2 Å². The van der Waals surface area contributed by atoms with Gasteiger partial charge in [-0.05, 0) is 38.6 Å². The van der Waals surface area contributed by atoms with Crippen molar-refractivity contribution in [1.82, 2.24) is 5.32 Å². The lowest BCUT2D eigenvalue weighted by molar-refractivity contribution is 0.672. The van der Waals surface area contributed by atoms with E-state index in [0.717, 1.165) is 17.4 Å². The Bertz CT molecular complexity index is 262. The number of anilines is 1. The van der Waals surface area contributed by atoms with Crippen LogP contribution in [0.5, 0.6) is 0 Å². The second-order valence-electron chi connectivity index (χ2n) is 3.31. The highest BCUT2D eigenvalue weighted by molar-refractivity contribution is 7.19. The van der Waals surface area contributed by atoms with E-state index < -0.39 is 0 Å². The van der Waals surface area contributed by atoms with Gasteiger partial charge in [0.1, 0.15) is 0 Å². The summed E-state index contributed by atoms with van der Waals surface area (Å²) in [6, 6.07) is 4.02. The van der Waals surface area contributed by atoms with Crippen molar-refractivity contribution < 1.29 is 0 Å². The van der Waals surface area contributed by atoms with Crippen LogP contribution in [0, 0.1) is 0 Å². The van der Waals surface area contributed by atoms with E-state index in [-0.39, 0.29) is 0 Å². The van der Waals surface area contributed by atoms with Crippen molar-refractivity contribution in [2.45, 2.75) is 12.8 Å². The summed E-state index contributed by atoms with van der Waals surface area (Å²) in [5.41, 5.74) is 0. The summed E-state index contributed by atoms with van der Waals surface area (Å²) in [5, 5.41) is 4.40. The Balaban J connectivity index is 2.25. The molecule has 4 heteroatoms. The minimum absolute atomic E-state index is 0.863. The van der Waals surface area contributed by atoms with E-state index >= 15 is 0 Å². The molecule has 0 atom stereocenters. The van der Waals surface area contributed by atoms with Crippen molar-refractivity contribution in [1.29, 1.82) is 0 Å². The molecule has 1 rings (SSSR count). The van der Waals surface area contributed by atoms with Crippen molar-refractivity contribution in [3.8, 4) is 0 Å². The van der Waals surface area contributed by atoms with Crippen LogP contribution in [0.15, 0.2) is 12.1 Å². The second-order valence-corrected chi connectivity index (χ2v) is 5.00. The SMILES string of the molecule is CNCCCCN(C)c1ccc(Cl)s1. The first-order chi connectivity index (χ1) is 6.74. The van der Waals surface area contributed by atoms with Crippen LogP contribution in [-0.2, 0) is 0 Å². The summed E-state index contributed by atoms with van der Waals surface area (Å²) in [6.07, 6.45) is 2.44. The average molecular weight is 233 g/mol. The number of nitrogens with zero attached hydrogens (tertiary/aromatic N) is 1. The molecule has 2 nitrogen and oxygen atoms in total. The Hall–Kier alpha value is -0.250. The highest BCUT2D eigenvalue weighted by atomic mass is 35.5. The molecule has 0 saturated carbocycles. The third kappa shape index (κ3) is 3.86. The van der Waals surface area contributed by atoms with Gasteiger partial charge in [0.2, 0.25) is 0 Å². The third-order valence-electron chi connectivity index (χ3n) is 2.11. The van der Waals surface area contributed by atoms with Crippen LogP contribution in [0.3, 0.4) is 0 Å². The van der Waals surface area contributed by atoms with Crippen molar-refractivity contribution in [3.05, 3.63) is 16.5 Å². The molecular weight excluding hydrogens is 216 g/mol. The first-order valence-electron chi connectivity index (χ1n) is 4.85. The van der Waals surface area contributed by atoms with E-state index in [1.807, 2.05) is 13.1 Å². The van der Waals surface area contributed by atoms with Crippen LogP contribution in [0.1, 0.15) is 12.8 Å². The molecule has 1 heterocycles. The topological polar surface area (TPSA) is 15.3 Å². The largest absolute Gasteiger partial charge is 0.366 e. The number of hydrogen-bond acceptors (Lipinski definition) is 3. The third-order valence-corrected chi connectivity index (χ3v) is 3.45. The van der Waals surface area contributed by atoms with Crippen LogP contribution in [0.2, 0.25) is 4.34 Å². The van der Waals surface area contributed by atoms with E-state index in [2.05, 4.69) is 23.3 Å². The Kier molecular flexibility index (Phi) is 5.30. The average Bonchev–Trinajstić information content (AvgIpc) is 2.59. The van der Waals surface area contributed by atoms with E-state index in [9.17, 15) is 0 Å². The number of halogens is 1. The van der Waals surface area contributed by atoms with Gasteiger partial charge < -0.3 is 10.2 Å². The minimum atomic E-state index is 0.863. The van der Waals surface area contributed by atoms with Crippen LogP contribution in [0.25, 0.3) is 0 Å². The summed E-state index contributed by atoms with van der Waals surface area (Å²) in [7, 11) is 4.10. The number of unbranched alkanes of at least 4 members (excludes halogenated alkanes) is 1. The molecule has 0 aromatic carbocycles. The quantitative estimate of drug-likeness (QED) is 0.759. The lowest BCUT2D eigenvalue weighted by Crippen LogP contribution is -2.18. The highest BCUT2D eigenvalue weighted by Crippen LogP contribution is 2.28. The monoisotopic (exact) mass is 232 g/mol. The fourth-order valence-electron chi connectivity index (χ4n) is 1.27. The maximum absolute atomic E-state index is 5.87. The Morgan fingerprint density at radius 3 is 2.79 bits per heavy atom. The molecule has 0 radical (unpaired) electrons. The molecule has 0 fully saturated rings. The summed E-state index contributed by atoms with van der Waals surface area (Å²) in [6.45, 7) is 2.19. The van der Waals surface area contributed by atoms with E-state index in [0.29, 0.717) is 0 Å². The maximum Gasteiger partial charge on any atom is 0.0950 e. The zero-order valence-corrected chi connectivity index (χ0v) is 10.3. The van der Waals surface area contributed by atoms with Crippen LogP contribution in [0.4, 0.5) is 5.00 Å². The van der Waals surface area contributed by atoms with Gasteiger partial charge in [0.05, 0.1) is 9.34 Å². The lowest BCUT2D eigenvalue weighted by Gasteiger charge is -2.16. The molecule has 0 saturated heterocycles. The molecule has 0 bridgehead atoms. The number of nitrogens with one attached hydrogen (secondary N) is 1. The molecule has 1 aromatic rings. The van der Waals surface area contributed by atoms with Gasteiger partial charge in [0.15, 0.2) is 0 Å². The molecule has 0 spiro atoms. The number of hydrogen-bond donors (Lipinski definition) is 1. The van der Waals surface area contributed by atoms with Crippen molar-refractivity contribution in [3.63, 3.8) is 0 Å². The summed E-state index contributed by atoms with van der Waals surface area (Å²) in [4.78, 5) is 2.26. The summed E-state index contributed by atoms with van der Waals surface area (Å²) in [5.74, 6) is 0. The van der Waals surface area contributed by atoms with Gasteiger partial charge in [0.25, 0.3) is 0 Å². The standard InChI is InChI=1S/C10H17ClN2S/c1-12-7-3-4-8-13(2)10-6-5-9(11)14-10/h5-6,12H,3-4,7-8H2,1-2H3. The molecular formula is C10H17ClN2S. The lowest BCUT2D eigenvalue weighted by atomic mass is 10.3. The van der Waals surface area contributed by atoms with Gasteiger partial charge in [-0.15, -0.1) is 11.3 Å². The van der Waals surface area contributed by atoms with E-state index in [1.165, 1.54) is 17.8 Å². The molecule has 80 valence electrons. The van der Waals surface area contributed by atoms with Crippen molar-refractivity contribution >= 4 is 27.9 Å². The van der Waals surface area contributed by atoms with Crippen LogP contribution < -0.4 is 10.2 Å². The predicted octanol–water partition coefficient (Wildman–Crippen LogP) is 2.84. The molecule has 0 aliphatic carbocycles. The van der Waals surface area contributed by atoms with Crippen LogP contribution >= 0.6 is 22.9 Å². The highest BCUT2D eigenvalue weighted by Gasteiger charge is 2.02. The maximum atomic E-state index is 5.87.